The number of anilines is 1. The maximum Gasteiger partial charge on any atom is 0.573 e. The monoisotopic (exact) mass is 365 g/mol. The molecule has 0 saturated carbocycles. The van der Waals surface area contributed by atoms with Gasteiger partial charge in [-0.05, 0) is 36.4 Å². The fraction of sp³-hybridized carbons (Fsp3) is 0.133. The first-order valence-electron chi connectivity index (χ1n) is 6.55. The summed E-state index contributed by atoms with van der Waals surface area (Å²) in [6.07, 6.45) is -9.82. The van der Waals surface area contributed by atoms with Crippen molar-refractivity contribution in [3.63, 3.8) is 0 Å². The van der Waals surface area contributed by atoms with Gasteiger partial charge in [0.05, 0.1) is 5.69 Å². The lowest BCUT2D eigenvalue weighted by Gasteiger charge is -2.14. The highest BCUT2D eigenvalue weighted by Crippen LogP contribution is 2.30. The van der Waals surface area contributed by atoms with E-state index in [0.29, 0.717) is 0 Å². The normalized spacial score (nSPS) is 11.8. The number of para-hydroxylation sites is 2. The fourth-order valence-corrected chi connectivity index (χ4v) is 1.79. The van der Waals surface area contributed by atoms with Gasteiger partial charge in [0.1, 0.15) is 5.75 Å². The van der Waals surface area contributed by atoms with Crippen molar-refractivity contribution >= 4 is 11.6 Å². The van der Waals surface area contributed by atoms with Crippen LogP contribution in [0.5, 0.6) is 11.5 Å². The lowest BCUT2D eigenvalue weighted by Crippen LogP contribution is -2.19. The zero-order chi connectivity index (χ0) is 18.7. The molecule has 0 unspecified atom stereocenters. The molecule has 10 heteroatoms. The maximum atomic E-state index is 12.3. The average molecular weight is 365 g/mol. The van der Waals surface area contributed by atoms with Crippen LogP contribution in [0.1, 0.15) is 10.4 Å². The summed E-state index contributed by atoms with van der Waals surface area (Å²) in [6.45, 7) is 0. The molecule has 2 aromatic rings. The molecule has 25 heavy (non-hydrogen) atoms. The molecule has 0 bridgehead atoms. The molecule has 0 aliphatic heterocycles. The third-order valence-electron chi connectivity index (χ3n) is 2.71. The van der Waals surface area contributed by atoms with Crippen LogP contribution in [0.2, 0.25) is 0 Å². The second-order valence-corrected chi connectivity index (χ2v) is 4.57. The van der Waals surface area contributed by atoms with E-state index in [2.05, 4.69) is 14.8 Å². The highest BCUT2D eigenvalue weighted by atomic mass is 19.4. The van der Waals surface area contributed by atoms with Gasteiger partial charge >= 0.3 is 12.7 Å². The average Bonchev–Trinajstić information content (AvgIpc) is 2.47. The van der Waals surface area contributed by atoms with E-state index in [4.69, 9.17) is 0 Å². The minimum atomic E-state index is -4.95. The SMILES string of the molecule is O=C(Nc1ccccc1OC(F)(F)F)c1ccc(OC(F)(F)F)cc1. The third-order valence-corrected chi connectivity index (χ3v) is 2.71. The van der Waals surface area contributed by atoms with Gasteiger partial charge in [-0.2, -0.15) is 0 Å². The van der Waals surface area contributed by atoms with Gasteiger partial charge in [0.15, 0.2) is 5.75 Å². The topological polar surface area (TPSA) is 47.6 Å². The third kappa shape index (κ3) is 5.90. The largest absolute Gasteiger partial charge is 0.573 e. The van der Waals surface area contributed by atoms with Crippen LogP contribution in [-0.4, -0.2) is 18.6 Å². The standard InChI is InChI=1S/C15H9F6NO3/c16-14(17,18)24-10-7-5-9(6-8-10)13(23)22-11-3-1-2-4-12(11)25-15(19,20)21/h1-8H,(H,22,23). The van der Waals surface area contributed by atoms with Crippen LogP contribution in [0.15, 0.2) is 48.5 Å². The number of hydrogen-bond acceptors (Lipinski definition) is 3. The van der Waals surface area contributed by atoms with E-state index in [1.165, 1.54) is 18.2 Å². The second-order valence-electron chi connectivity index (χ2n) is 4.57. The number of nitrogens with one attached hydrogen (secondary N) is 1. The lowest BCUT2D eigenvalue weighted by atomic mass is 10.2. The molecule has 0 fully saturated rings. The van der Waals surface area contributed by atoms with Gasteiger partial charge in [0.2, 0.25) is 0 Å². The van der Waals surface area contributed by atoms with E-state index >= 15 is 0 Å². The van der Waals surface area contributed by atoms with Crippen molar-refractivity contribution in [1.82, 2.24) is 0 Å². The van der Waals surface area contributed by atoms with Gasteiger partial charge in [-0.1, -0.05) is 12.1 Å². The summed E-state index contributed by atoms with van der Waals surface area (Å²) in [7, 11) is 0. The van der Waals surface area contributed by atoms with E-state index in [1.807, 2.05) is 0 Å². The van der Waals surface area contributed by atoms with E-state index < -0.39 is 30.1 Å². The summed E-state index contributed by atoms with van der Waals surface area (Å²) >= 11 is 0. The second kappa shape index (κ2) is 6.91. The molecule has 0 aromatic heterocycles. The van der Waals surface area contributed by atoms with Crippen LogP contribution < -0.4 is 14.8 Å². The molecule has 2 rings (SSSR count). The Morgan fingerprint density at radius 2 is 1.36 bits per heavy atom. The van der Waals surface area contributed by atoms with Crippen LogP contribution in [0.25, 0.3) is 0 Å². The Hall–Kier alpha value is -2.91. The van der Waals surface area contributed by atoms with Crippen molar-refractivity contribution < 1.29 is 40.6 Å². The number of benzene rings is 2. The highest BCUT2D eigenvalue weighted by molar-refractivity contribution is 6.05. The molecule has 4 nitrogen and oxygen atoms in total. The zero-order valence-electron chi connectivity index (χ0n) is 12.1. The first kappa shape index (κ1) is 18.4. The first-order chi connectivity index (χ1) is 11.5. The summed E-state index contributed by atoms with van der Waals surface area (Å²) in [4.78, 5) is 12.0. The molecule has 0 atom stereocenters. The Labute approximate surface area is 137 Å². The summed E-state index contributed by atoms with van der Waals surface area (Å²) in [6, 6.07) is 8.71. The van der Waals surface area contributed by atoms with Gasteiger partial charge in [-0.25, -0.2) is 0 Å². The van der Waals surface area contributed by atoms with Crippen molar-refractivity contribution in [1.29, 1.82) is 0 Å². The van der Waals surface area contributed by atoms with Crippen LogP contribution in [0.3, 0.4) is 0 Å². The number of carbonyl (C=O) groups excluding carboxylic acids is 1. The van der Waals surface area contributed by atoms with Gasteiger partial charge < -0.3 is 14.8 Å². The molecule has 1 N–H and O–H groups in total. The fourth-order valence-electron chi connectivity index (χ4n) is 1.79. The maximum absolute atomic E-state index is 12.3. The molecule has 2 aromatic carbocycles. The summed E-state index contributed by atoms with van der Waals surface area (Å²) < 4.78 is 80.6. The van der Waals surface area contributed by atoms with Gasteiger partial charge in [-0.15, -0.1) is 26.3 Å². The highest BCUT2D eigenvalue weighted by Gasteiger charge is 2.32. The quantitative estimate of drug-likeness (QED) is 0.797. The van der Waals surface area contributed by atoms with Crippen molar-refractivity contribution in [3.05, 3.63) is 54.1 Å². The number of halogens is 6. The summed E-state index contributed by atoms with van der Waals surface area (Å²) in [5.74, 6) is -2.00. The van der Waals surface area contributed by atoms with E-state index in [1.54, 1.807) is 0 Å². The van der Waals surface area contributed by atoms with Crippen LogP contribution in [0.4, 0.5) is 32.0 Å². The van der Waals surface area contributed by atoms with E-state index in [9.17, 15) is 31.1 Å². The predicted octanol–water partition coefficient (Wildman–Crippen LogP) is 4.74. The molecule has 0 radical (unpaired) electrons. The molecule has 1 amide bonds. The van der Waals surface area contributed by atoms with Crippen molar-refractivity contribution in [2.24, 2.45) is 0 Å². The molecule has 0 heterocycles. The molecule has 0 aliphatic carbocycles. The van der Waals surface area contributed by atoms with Crippen molar-refractivity contribution in [3.8, 4) is 11.5 Å². The molecule has 0 saturated heterocycles. The van der Waals surface area contributed by atoms with Crippen LogP contribution in [-0.2, 0) is 0 Å². The molecule has 134 valence electrons. The molecular formula is C15H9F6NO3. The first-order valence-corrected chi connectivity index (χ1v) is 6.55. The Morgan fingerprint density at radius 3 is 1.92 bits per heavy atom. The Balaban J connectivity index is 2.12. The number of amides is 1. The Kier molecular flexibility index (Phi) is 5.10. The van der Waals surface area contributed by atoms with Gasteiger partial charge in [0, 0.05) is 5.56 Å². The van der Waals surface area contributed by atoms with E-state index in [0.717, 1.165) is 30.3 Å². The van der Waals surface area contributed by atoms with Gasteiger partial charge in [0.25, 0.3) is 5.91 Å². The Bertz CT molecular complexity index is 740. The van der Waals surface area contributed by atoms with Crippen LogP contribution in [0, 0.1) is 0 Å². The number of alkyl halides is 6. The summed E-state index contributed by atoms with van der Waals surface area (Å²) in [5, 5.41) is 2.19. The molecule has 0 spiro atoms. The molecule has 0 aliphatic rings. The van der Waals surface area contributed by atoms with Crippen LogP contribution >= 0.6 is 0 Å². The Morgan fingerprint density at radius 1 is 0.800 bits per heavy atom. The number of rotatable bonds is 4. The van der Waals surface area contributed by atoms with Gasteiger partial charge in [-0.3, -0.25) is 4.79 Å². The zero-order valence-corrected chi connectivity index (χ0v) is 12.1. The smallest absolute Gasteiger partial charge is 0.406 e. The number of hydrogen-bond donors (Lipinski definition) is 1. The number of carbonyl (C=O) groups is 1. The lowest BCUT2D eigenvalue weighted by molar-refractivity contribution is -0.275. The molecular weight excluding hydrogens is 356 g/mol. The van der Waals surface area contributed by atoms with E-state index in [-0.39, 0.29) is 11.3 Å². The van der Waals surface area contributed by atoms with Crippen molar-refractivity contribution in [2.75, 3.05) is 5.32 Å². The minimum Gasteiger partial charge on any atom is -0.406 e. The summed E-state index contributed by atoms with van der Waals surface area (Å²) in [5.41, 5.74) is -0.336. The van der Waals surface area contributed by atoms with Crippen molar-refractivity contribution in [2.45, 2.75) is 12.7 Å². The number of ether oxygens (including phenoxy) is 2. The minimum absolute atomic E-state index is 0.0867. The predicted molar refractivity (Wildman–Crippen MR) is 74.2 cm³/mol.